The number of benzene rings is 3. The summed E-state index contributed by atoms with van der Waals surface area (Å²) in [5, 5.41) is 18.8. The van der Waals surface area contributed by atoms with Crippen molar-refractivity contribution in [2.75, 3.05) is 0 Å². The second-order valence-corrected chi connectivity index (χ2v) is 8.76. The third kappa shape index (κ3) is 7.34. The summed E-state index contributed by atoms with van der Waals surface area (Å²) in [5.74, 6) is -13.6. The van der Waals surface area contributed by atoms with E-state index in [0.717, 1.165) is 6.07 Å². The monoisotopic (exact) mass is 694 g/mol. The Hall–Kier alpha value is -5.47. The first kappa shape index (κ1) is 34.4. The average molecular weight is 694 g/mol. The van der Waals surface area contributed by atoms with Crippen LogP contribution in [0.3, 0.4) is 0 Å². The topological polar surface area (TPSA) is 84.5 Å². The van der Waals surface area contributed by atoms with E-state index >= 15 is 4.39 Å². The number of allylic oxidation sites excluding steroid dienone is 1. The lowest BCUT2D eigenvalue weighted by Crippen LogP contribution is -2.21. The quantitative estimate of drug-likeness (QED) is 0.118. The zero-order valence-electron chi connectivity index (χ0n) is 21.6. The first-order valence-electron chi connectivity index (χ1n) is 11.6. The number of rotatable bonds is 5. The SMILES string of the molecule is N#CC(=C1c2cc(OC(F)(F)F)c(OC(F)(F)F)cc2-c2cc(OC(F)(F)F)c(OC(F)(F)F)cc21)c1cc(F)c(C#N)c(F)c1F. The first-order valence-corrected chi connectivity index (χ1v) is 11.6. The molecule has 0 radical (unpaired) electrons. The summed E-state index contributed by atoms with van der Waals surface area (Å²) in [7, 11) is 0. The van der Waals surface area contributed by atoms with Gasteiger partial charge in [0.25, 0.3) is 0 Å². The van der Waals surface area contributed by atoms with Gasteiger partial charge in [0.2, 0.25) is 0 Å². The van der Waals surface area contributed by atoms with Crippen LogP contribution in [-0.4, -0.2) is 25.4 Å². The molecule has 3 aromatic rings. The summed E-state index contributed by atoms with van der Waals surface area (Å²) in [6.45, 7) is 0. The molecule has 0 heterocycles. The number of hydrogen-bond acceptors (Lipinski definition) is 6. The molecule has 0 aromatic heterocycles. The van der Waals surface area contributed by atoms with E-state index in [9.17, 15) is 66.7 Å². The van der Waals surface area contributed by atoms with Gasteiger partial charge in [-0.1, -0.05) is 0 Å². The van der Waals surface area contributed by atoms with Crippen LogP contribution in [0.2, 0.25) is 0 Å². The van der Waals surface area contributed by atoms with E-state index in [2.05, 4.69) is 18.9 Å². The van der Waals surface area contributed by atoms with Gasteiger partial charge in [-0.2, -0.15) is 10.5 Å². The van der Waals surface area contributed by atoms with Crippen LogP contribution < -0.4 is 18.9 Å². The third-order valence-corrected chi connectivity index (χ3v) is 5.80. The van der Waals surface area contributed by atoms with Crippen molar-refractivity contribution in [2.45, 2.75) is 25.4 Å². The molecule has 1 aliphatic carbocycles. The maximum atomic E-state index is 15.1. The summed E-state index contributed by atoms with van der Waals surface area (Å²) in [6.07, 6.45) is -23.1. The van der Waals surface area contributed by atoms with Crippen molar-refractivity contribution in [2.24, 2.45) is 0 Å². The fourth-order valence-corrected chi connectivity index (χ4v) is 4.34. The van der Waals surface area contributed by atoms with Crippen LogP contribution >= 0.6 is 0 Å². The maximum Gasteiger partial charge on any atom is 0.573 e. The first-order chi connectivity index (χ1) is 21.4. The van der Waals surface area contributed by atoms with Crippen molar-refractivity contribution >= 4 is 11.1 Å². The van der Waals surface area contributed by atoms with Crippen molar-refractivity contribution in [3.05, 3.63) is 70.0 Å². The van der Waals surface area contributed by atoms with E-state index in [4.69, 9.17) is 5.26 Å². The molecule has 248 valence electrons. The van der Waals surface area contributed by atoms with Gasteiger partial charge in [-0.25, -0.2) is 13.2 Å². The molecule has 6 nitrogen and oxygen atoms in total. The molecule has 21 heteroatoms. The average Bonchev–Trinajstić information content (AvgIpc) is 3.16. The molecule has 1 aliphatic rings. The van der Waals surface area contributed by atoms with Crippen molar-refractivity contribution < 1.29 is 84.8 Å². The van der Waals surface area contributed by atoms with Crippen LogP contribution in [0.5, 0.6) is 23.0 Å². The Morgan fingerprint density at radius 1 is 0.511 bits per heavy atom. The largest absolute Gasteiger partial charge is 0.573 e. The van der Waals surface area contributed by atoms with Gasteiger partial charge in [0.05, 0.1) is 5.57 Å². The number of hydrogen-bond donors (Lipinski definition) is 0. The summed E-state index contributed by atoms with van der Waals surface area (Å²) in [4.78, 5) is 0. The molecule has 0 saturated carbocycles. The lowest BCUT2D eigenvalue weighted by atomic mass is 9.92. The molecule has 0 bridgehead atoms. The van der Waals surface area contributed by atoms with Crippen molar-refractivity contribution in [1.82, 2.24) is 0 Å². The maximum absolute atomic E-state index is 15.1. The molecule has 0 atom stereocenters. The fraction of sp³-hybridized carbons (Fsp3) is 0.154. The number of nitrogens with zero attached hydrogens (tertiary/aromatic N) is 2. The number of fused-ring (bicyclic) bond motifs is 3. The third-order valence-electron chi connectivity index (χ3n) is 5.80. The molecular weight excluding hydrogens is 689 g/mol. The van der Waals surface area contributed by atoms with E-state index in [1.807, 2.05) is 0 Å². The molecule has 3 aromatic carbocycles. The summed E-state index contributed by atoms with van der Waals surface area (Å²) in [5.41, 5.74) is -9.24. The number of nitriles is 2. The van der Waals surface area contributed by atoms with E-state index < -0.39 is 110 Å². The van der Waals surface area contributed by atoms with Gasteiger partial charge in [0, 0.05) is 11.1 Å². The predicted octanol–water partition coefficient (Wildman–Crippen LogP) is 9.03. The highest BCUT2D eigenvalue weighted by molar-refractivity contribution is 6.14. The molecule has 0 fully saturated rings. The van der Waals surface area contributed by atoms with Crippen LogP contribution in [0.4, 0.5) is 65.9 Å². The molecule has 0 amide bonds. The van der Waals surface area contributed by atoms with Gasteiger partial charge >= 0.3 is 25.4 Å². The number of halogens is 15. The van der Waals surface area contributed by atoms with Crippen molar-refractivity contribution in [1.29, 1.82) is 10.5 Å². The lowest BCUT2D eigenvalue weighted by molar-refractivity contribution is -0.287. The molecule has 4 rings (SSSR count). The fourth-order valence-electron chi connectivity index (χ4n) is 4.34. The number of ether oxygens (including phenoxy) is 4. The van der Waals surface area contributed by atoms with Crippen LogP contribution in [0, 0.1) is 40.1 Å². The van der Waals surface area contributed by atoms with E-state index in [-0.39, 0.29) is 30.3 Å². The molecule has 0 saturated heterocycles. The number of alkyl halides is 12. The lowest BCUT2D eigenvalue weighted by Gasteiger charge is -2.18. The van der Waals surface area contributed by atoms with Crippen molar-refractivity contribution in [3.8, 4) is 46.3 Å². The Labute approximate surface area is 248 Å². The highest BCUT2D eigenvalue weighted by Crippen LogP contribution is 2.55. The normalized spacial score (nSPS) is 12.9. The van der Waals surface area contributed by atoms with Crippen LogP contribution in [0.15, 0.2) is 30.3 Å². The standard InChI is InChI=1S/C26H5F15N2O4/c27-15-1-12(21(28)22(29)14(15)7-43)13(6-42)20-10-4-18(46-25(36,37)38)16(44-23(30,31)32)2-8(10)9-3-17(45-24(33,34)35)19(5-11(9)20)47-26(39,40)41/h1-5H. The zero-order chi connectivity index (χ0) is 35.4. The van der Waals surface area contributed by atoms with E-state index in [1.165, 1.54) is 6.07 Å². The second kappa shape index (κ2) is 11.4. The van der Waals surface area contributed by atoms with Gasteiger partial charge in [0.1, 0.15) is 23.5 Å². The minimum atomic E-state index is -5.78. The van der Waals surface area contributed by atoms with Gasteiger partial charge < -0.3 is 18.9 Å². The highest BCUT2D eigenvalue weighted by atomic mass is 19.4. The Kier molecular flexibility index (Phi) is 8.35. The molecule has 0 unspecified atom stereocenters. The van der Waals surface area contributed by atoms with Gasteiger partial charge in [-0.15, -0.1) is 52.7 Å². The highest BCUT2D eigenvalue weighted by Gasteiger charge is 2.42. The molecule has 47 heavy (non-hydrogen) atoms. The van der Waals surface area contributed by atoms with E-state index in [0.29, 0.717) is 0 Å². The predicted molar refractivity (Wildman–Crippen MR) is 121 cm³/mol. The minimum Gasteiger partial charge on any atom is -0.402 e. The Morgan fingerprint density at radius 3 is 1.15 bits per heavy atom. The smallest absolute Gasteiger partial charge is 0.402 e. The van der Waals surface area contributed by atoms with Gasteiger partial charge in [0.15, 0.2) is 34.6 Å². The van der Waals surface area contributed by atoms with Gasteiger partial charge in [-0.05, 0) is 52.6 Å². The molecule has 0 aliphatic heterocycles. The van der Waals surface area contributed by atoms with Crippen LogP contribution in [0.25, 0.3) is 22.3 Å². The van der Waals surface area contributed by atoms with Crippen LogP contribution in [-0.2, 0) is 0 Å². The summed E-state index contributed by atoms with van der Waals surface area (Å²) < 4.78 is 216. The zero-order valence-corrected chi connectivity index (χ0v) is 21.6. The summed E-state index contributed by atoms with van der Waals surface area (Å²) >= 11 is 0. The van der Waals surface area contributed by atoms with Gasteiger partial charge in [-0.3, -0.25) is 0 Å². The van der Waals surface area contributed by atoms with Crippen LogP contribution in [0.1, 0.15) is 22.3 Å². The summed E-state index contributed by atoms with van der Waals surface area (Å²) in [6, 6.07) is 2.33. The molecular formula is C26H5F15N2O4. The Morgan fingerprint density at radius 2 is 0.851 bits per heavy atom. The van der Waals surface area contributed by atoms with E-state index in [1.54, 1.807) is 0 Å². The minimum absolute atomic E-state index is 0.0166. The Balaban J connectivity index is 2.22. The molecule has 0 spiro atoms. The second-order valence-electron chi connectivity index (χ2n) is 8.76. The van der Waals surface area contributed by atoms with Crippen molar-refractivity contribution in [3.63, 3.8) is 0 Å². The molecule has 0 N–H and O–H groups in total. The Bertz CT molecular complexity index is 1810.